The first-order valence-corrected chi connectivity index (χ1v) is 4.80. The maximum absolute atomic E-state index is 13.1. The molecule has 0 bridgehead atoms. The van der Waals surface area contributed by atoms with E-state index in [1.54, 1.807) is 0 Å². The Labute approximate surface area is 100 Å². The highest BCUT2D eigenvalue weighted by Crippen LogP contribution is 2.38. The van der Waals surface area contributed by atoms with Crippen molar-refractivity contribution in [1.29, 1.82) is 0 Å². The van der Waals surface area contributed by atoms with Gasteiger partial charge in [-0.05, 0) is 0 Å². The average Bonchev–Trinajstić information content (AvgIpc) is 2.77. The number of carboxylic acids is 1. The fourth-order valence-electron chi connectivity index (χ4n) is 1.47. The van der Waals surface area contributed by atoms with Crippen molar-refractivity contribution in [3.63, 3.8) is 0 Å². The van der Waals surface area contributed by atoms with Gasteiger partial charge in [-0.2, -0.15) is 0 Å². The van der Waals surface area contributed by atoms with Crippen LogP contribution in [0, 0.1) is 5.82 Å². The van der Waals surface area contributed by atoms with E-state index in [9.17, 15) is 14.3 Å². The summed E-state index contributed by atoms with van der Waals surface area (Å²) in [7, 11) is 1.28. The van der Waals surface area contributed by atoms with E-state index in [-0.39, 0.29) is 22.8 Å². The van der Waals surface area contributed by atoms with Gasteiger partial charge in [-0.3, -0.25) is 0 Å². The Morgan fingerprint density at radius 1 is 1.44 bits per heavy atom. The Morgan fingerprint density at radius 3 is 2.72 bits per heavy atom. The zero-order valence-electron chi connectivity index (χ0n) is 9.18. The number of aromatic nitrogens is 1. The van der Waals surface area contributed by atoms with Crippen molar-refractivity contribution in [1.82, 2.24) is 5.16 Å². The summed E-state index contributed by atoms with van der Waals surface area (Å²) in [5, 5.41) is 21.7. The van der Waals surface area contributed by atoms with Crippen molar-refractivity contribution in [2.45, 2.75) is 0 Å². The van der Waals surface area contributed by atoms with Crippen LogP contribution in [0.1, 0.15) is 10.5 Å². The van der Waals surface area contributed by atoms with Gasteiger partial charge in [0, 0.05) is 18.2 Å². The second kappa shape index (κ2) is 4.36. The summed E-state index contributed by atoms with van der Waals surface area (Å²) in [6.45, 7) is 0. The molecule has 0 saturated carbocycles. The van der Waals surface area contributed by atoms with Crippen molar-refractivity contribution in [2.75, 3.05) is 7.11 Å². The van der Waals surface area contributed by atoms with Crippen LogP contribution in [-0.2, 0) is 0 Å². The van der Waals surface area contributed by atoms with Gasteiger partial charge in [0.05, 0.1) is 7.11 Å². The number of carbonyl (C=O) groups is 1. The van der Waals surface area contributed by atoms with Crippen LogP contribution in [0.4, 0.5) is 4.39 Å². The number of ether oxygens (including phenoxy) is 1. The number of methoxy groups -OCH3 is 1. The minimum absolute atomic E-state index is 0.0144. The summed E-state index contributed by atoms with van der Waals surface area (Å²) in [4.78, 5) is 10.7. The molecule has 0 amide bonds. The lowest BCUT2D eigenvalue weighted by Gasteiger charge is -2.07. The topological polar surface area (TPSA) is 92.8 Å². The quantitative estimate of drug-likeness (QED) is 0.867. The minimum Gasteiger partial charge on any atom is -0.507 e. The maximum atomic E-state index is 13.1. The molecule has 2 aromatic rings. The molecule has 7 heteroatoms. The number of halogens is 1. The summed E-state index contributed by atoms with van der Waals surface area (Å²) in [5.41, 5.74) is -0.283. The standard InChI is InChI=1S/C11H8FNO5/c1-17-8-3-5(12)2-7(14)10(8)9-4-6(11(15)16)13-18-9/h2-4,14H,1H3,(H,15,16). The van der Waals surface area contributed by atoms with Crippen molar-refractivity contribution in [3.05, 3.63) is 29.7 Å². The Morgan fingerprint density at radius 2 is 2.17 bits per heavy atom. The number of benzene rings is 1. The summed E-state index contributed by atoms with van der Waals surface area (Å²) in [5.74, 6) is -2.40. The van der Waals surface area contributed by atoms with Crippen molar-refractivity contribution in [3.8, 4) is 22.8 Å². The van der Waals surface area contributed by atoms with E-state index in [2.05, 4.69) is 5.16 Å². The van der Waals surface area contributed by atoms with Crippen molar-refractivity contribution < 1.29 is 28.7 Å². The smallest absolute Gasteiger partial charge is 0.358 e. The lowest BCUT2D eigenvalue weighted by molar-refractivity contribution is 0.0686. The number of aromatic carboxylic acids is 1. The number of hydrogen-bond donors (Lipinski definition) is 2. The zero-order chi connectivity index (χ0) is 13.3. The van der Waals surface area contributed by atoms with Crippen LogP contribution in [0.2, 0.25) is 0 Å². The Kier molecular flexibility index (Phi) is 2.88. The predicted octanol–water partition coefficient (Wildman–Crippen LogP) is 1.89. The highest BCUT2D eigenvalue weighted by Gasteiger charge is 2.20. The number of phenols is 1. The number of hydrogen-bond acceptors (Lipinski definition) is 5. The Hall–Kier alpha value is -2.57. The molecule has 0 fully saturated rings. The molecule has 0 saturated heterocycles. The van der Waals surface area contributed by atoms with E-state index < -0.39 is 17.5 Å². The highest BCUT2D eigenvalue weighted by molar-refractivity contribution is 5.87. The molecule has 0 unspecified atom stereocenters. The van der Waals surface area contributed by atoms with E-state index in [0.717, 1.165) is 18.2 Å². The molecule has 0 aliphatic carbocycles. The fraction of sp³-hybridized carbons (Fsp3) is 0.0909. The van der Waals surface area contributed by atoms with E-state index >= 15 is 0 Å². The second-order valence-corrected chi connectivity index (χ2v) is 3.38. The minimum atomic E-state index is -1.27. The largest absolute Gasteiger partial charge is 0.507 e. The number of nitrogens with zero attached hydrogens (tertiary/aromatic N) is 1. The monoisotopic (exact) mass is 253 g/mol. The molecule has 6 nitrogen and oxygen atoms in total. The molecule has 1 aromatic heterocycles. The molecule has 18 heavy (non-hydrogen) atoms. The van der Waals surface area contributed by atoms with Crippen LogP contribution >= 0.6 is 0 Å². The normalized spacial score (nSPS) is 10.3. The van der Waals surface area contributed by atoms with Gasteiger partial charge in [0.15, 0.2) is 11.5 Å². The molecular formula is C11H8FNO5. The second-order valence-electron chi connectivity index (χ2n) is 3.38. The van der Waals surface area contributed by atoms with Gasteiger partial charge in [0.1, 0.15) is 22.9 Å². The first-order valence-electron chi connectivity index (χ1n) is 4.80. The molecule has 0 aliphatic heterocycles. The average molecular weight is 253 g/mol. The van der Waals surface area contributed by atoms with Crippen molar-refractivity contribution >= 4 is 5.97 Å². The molecule has 0 atom stereocenters. The molecule has 0 aliphatic rings. The lowest BCUT2D eigenvalue weighted by atomic mass is 10.1. The molecule has 94 valence electrons. The zero-order valence-corrected chi connectivity index (χ0v) is 9.18. The summed E-state index contributed by atoms with van der Waals surface area (Å²) in [6.07, 6.45) is 0. The van der Waals surface area contributed by atoms with E-state index in [1.807, 2.05) is 0 Å². The van der Waals surface area contributed by atoms with E-state index in [1.165, 1.54) is 7.11 Å². The van der Waals surface area contributed by atoms with Crippen LogP contribution < -0.4 is 4.74 Å². The molecule has 0 spiro atoms. The van der Waals surface area contributed by atoms with Crippen LogP contribution in [0.25, 0.3) is 11.3 Å². The maximum Gasteiger partial charge on any atom is 0.358 e. The summed E-state index contributed by atoms with van der Waals surface area (Å²) >= 11 is 0. The molecular weight excluding hydrogens is 245 g/mol. The van der Waals surface area contributed by atoms with E-state index in [4.69, 9.17) is 14.4 Å². The third kappa shape index (κ3) is 1.97. The number of rotatable bonds is 3. The number of phenolic OH excluding ortho intramolecular Hbond substituents is 1. The SMILES string of the molecule is COc1cc(F)cc(O)c1-c1cc(C(=O)O)no1. The van der Waals surface area contributed by atoms with Gasteiger partial charge in [0.2, 0.25) is 0 Å². The number of aromatic hydroxyl groups is 1. The van der Waals surface area contributed by atoms with Gasteiger partial charge in [-0.15, -0.1) is 0 Å². The molecule has 1 heterocycles. The summed E-state index contributed by atoms with van der Waals surface area (Å²) < 4.78 is 22.7. The third-order valence-electron chi connectivity index (χ3n) is 2.24. The molecule has 2 rings (SSSR count). The lowest BCUT2D eigenvalue weighted by Crippen LogP contribution is -1.94. The highest BCUT2D eigenvalue weighted by atomic mass is 19.1. The van der Waals surface area contributed by atoms with Crippen molar-refractivity contribution in [2.24, 2.45) is 0 Å². The molecule has 2 N–H and O–H groups in total. The summed E-state index contributed by atoms with van der Waals surface area (Å²) in [6, 6.07) is 3.01. The Balaban J connectivity index is 2.58. The van der Waals surface area contributed by atoms with Gasteiger partial charge < -0.3 is 19.5 Å². The Bertz CT molecular complexity index is 607. The van der Waals surface area contributed by atoms with Crippen LogP contribution in [0.5, 0.6) is 11.5 Å². The first kappa shape index (κ1) is 11.9. The number of carboxylic acid groups (broad SMARTS) is 1. The van der Waals surface area contributed by atoms with E-state index in [0.29, 0.717) is 0 Å². The van der Waals surface area contributed by atoms with Crippen LogP contribution in [0.15, 0.2) is 22.7 Å². The van der Waals surface area contributed by atoms with Gasteiger partial charge in [0.25, 0.3) is 0 Å². The third-order valence-corrected chi connectivity index (χ3v) is 2.24. The fourth-order valence-corrected chi connectivity index (χ4v) is 1.47. The predicted molar refractivity (Wildman–Crippen MR) is 57.1 cm³/mol. The molecule has 0 radical (unpaired) electrons. The van der Waals surface area contributed by atoms with Gasteiger partial charge in [-0.1, -0.05) is 5.16 Å². The molecule has 1 aromatic carbocycles. The van der Waals surface area contributed by atoms with Crippen LogP contribution in [0.3, 0.4) is 0 Å². The first-order chi connectivity index (χ1) is 8.52. The van der Waals surface area contributed by atoms with Gasteiger partial charge in [-0.25, -0.2) is 9.18 Å². The van der Waals surface area contributed by atoms with Crippen LogP contribution in [-0.4, -0.2) is 28.4 Å². The van der Waals surface area contributed by atoms with Gasteiger partial charge >= 0.3 is 5.97 Å².